The molecule has 0 radical (unpaired) electrons. The average molecular weight is 289 g/mol. The minimum Gasteiger partial charge on any atom is -0.370 e. The standard InChI is InChI=1S/C18H15N3O/c1-2-8-19-14-10-11-7-9-20-17-15(11)16(21-14)12-5-3-4-6-13(12)18(17)22/h3-7,9-10H,2,8H2,1H3,(H,19,21). The molecule has 22 heavy (non-hydrogen) atoms. The Morgan fingerprint density at radius 2 is 1.91 bits per heavy atom. The van der Waals surface area contributed by atoms with Crippen LogP contribution in [-0.4, -0.2) is 22.3 Å². The summed E-state index contributed by atoms with van der Waals surface area (Å²) in [7, 11) is 0. The van der Waals surface area contributed by atoms with E-state index in [0.29, 0.717) is 11.3 Å². The van der Waals surface area contributed by atoms with Crippen molar-refractivity contribution in [3.05, 3.63) is 53.9 Å². The van der Waals surface area contributed by atoms with Gasteiger partial charge in [0, 0.05) is 29.3 Å². The molecular weight excluding hydrogens is 274 g/mol. The lowest BCUT2D eigenvalue weighted by molar-refractivity contribution is 0.103. The minimum absolute atomic E-state index is 0.0234. The van der Waals surface area contributed by atoms with E-state index >= 15 is 0 Å². The molecule has 3 aromatic rings. The molecule has 108 valence electrons. The fourth-order valence-electron chi connectivity index (χ4n) is 2.93. The van der Waals surface area contributed by atoms with E-state index in [4.69, 9.17) is 4.98 Å². The van der Waals surface area contributed by atoms with Gasteiger partial charge in [-0.25, -0.2) is 4.98 Å². The Kier molecular flexibility index (Phi) is 2.89. The van der Waals surface area contributed by atoms with Crippen molar-refractivity contribution in [2.45, 2.75) is 13.3 Å². The van der Waals surface area contributed by atoms with Crippen LogP contribution in [0.3, 0.4) is 0 Å². The Morgan fingerprint density at radius 3 is 2.73 bits per heavy atom. The van der Waals surface area contributed by atoms with Gasteiger partial charge >= 0.3 is 0 Å². The van der Waals surface area contributed by atoms with Crippen LogP contribution in [0.5, 0.6) is 0 Å². The molecule has 0 saturated heterocycles. The molecule has 0 atom stereocenters. The largest absolute Gasteiger partial charge is 0.370 e. The molecule has 0 bridgehead atoms. The van der Waals surface area contributed by atoms with Crippen molar-refractivity contribution in [2.75, 3.05) is 11.9 Å². The van der Waals surface area contributed by atoms with Crippen molar-refractivity contribution >= 4 is 22.4 Å². The lowest BCUT2D eigenvalue weighted by Gasteiger charge is -2.19. The minimum atomic E-state index is -0.0234. The van der Waals surface area contributed by atoms with Crippen LogP contribution < -0.4 is 5.32 Å². The molecule has 1 N–H and O–H groups in total. The van der Waals surface area contributed by atoms with Gasteiger partial charge in [-0.2, -0.15) is 0 Å². The van der Waals surface area contributed by atoms with E-state index in [2.05, 4.69) is 17.2 Å². The number of ketones is 1. The van der Waals surface area contributed by atoms with E-state index in [1.54, 1.807) is 6.20 Å². The topological polar surface area (TPSA) is 54.9 Å². The van der Waals surface area contributed by atoms with Gasteiger partial charge in [0.2, 0.25) is 5.78 Å². The SMILES string of the molecule is CCCNc1cc2ccnc3c2c(n1)-c1ccccc1C3=O. The lowest BCUT2D eigenvalue weighted by Crippen LogP contribution is -2.13. The first kappa shape index (κ1) is 13.0. The van der Waals surface area contributed by atoms with Gasteiger partial charge in [-0.1, -0.05) is 31.2 Å². The second-order valence-corrected chi connectivity index (χ2v) is 5.42. The fraction of sp³-hybridized carbons (Fsp3) is 0.167. The predicted molar refractivity (Wildman–Crippen MR) is 87.2 cm³/mol. The van der Waals surface area contributed by atoms with E-state index < -0.39 is 0 Å². The molecule has 0 amide bonds. The third-order valence-electron chi connectivity index (χ3n) is 3.94. The third kappa shape index (κ3) is 1.80. The zero-order valence-corrected chi connectivity index (χ0v) is 12.3. The highest BCUT2D eigenvalue weighted by Gasteiger charge is 2.27. The van der Waals surface area contributed by atoms with E-state index in [-0.39, 0.29) is 5.78 Å². The molecule has 2 heterocycles. The Bertz CT molecular complexity index is 902. The van der Waals surface area contributed by atoms with Gasteiger partial charge in [-0.3, -0.25) is 9.78 Å². The maximum Gasteiger partial charge on any atom is 0.212 e. The van der Waals surface area contributed by atoms with Crippen LogP contribution in [-0.2, 0) is 0 Å². The normalized spacial score (nSPS) is 12.3. The van der Waals surface area contributed by atoms with Crippen LogP contribution in [0.25, 0.3) is 22.0 Å². The summed E-state index contributed by atoms with van der Waals surface area (Å²) in [6.45, 7) is 2.99. The molecule has 1 aliphatic carbocycles. The number of nitrogens with one attached hydrogen (secondary N) is 1. The molecule has 0 spiro atoms. The van der Waals surface area contributed by atoms with E-state index in [9.17, 15) is 4.79 Å². The predicted octanol–water partition coefficient (Wildman–Crippen LogP) is 3.66. The summed E-state index contributed by atoms with van der Waals surface area (Å²) in [6.07, 6.45) is 2.72. The first-order valence-electron chi connectivity index (χ1n) is 7.47. The number of aromatic nitrogens is 2. The van der Waals surface area contributed by atoms with Crippen molar-refractivity contribution in [2.24, 2.45) is 0 Å². The van der Waals surface area contributed by atoms with Gasteiger partial charge in [-0.05, 0) is 23.9 Å². The van der Waals surface area contributed by atoms with Gasteiger partial charge in [0.25, 0.3) is 0 Å². The molecule has 4 heteroatoms. The van der Waals surface area contributed by atoms with E-state index in [0.717, 1.165) is 40.8 Å². The molecule has 1 aromatic carbocycles. The molecule has 4 nitrogen and oxygen atoms in total. The number of rotatable bonds is 3. The number of hydrogen-bond donors (Lipinski definition) is 1. The second-order valence-electron chi connectivity index (χ2n) is 5.42. The van der Waals surface area contributed by atoms with Crippen LogP contribution in [0.15, 0.2) is 42.6 Å². The first-order valence-corrected chi connectivity index (χ1v) is 7.47. The number of fused-ring (bicyclic) bond motifs is 2. The number of carbonyl (C=O) groups is 1. The molecular formula is C18H15N3O. The highest BCUT2D eigenvalue weighted by atomic mass is 16.1. The molecule has 0 fully saturated rings. The summed E-state index contributed by atoms with van der Waals surface area (Å²) in [4.78, 5) is 21.7. The zero-order chi connectivity index (χ0) is 15.1. The molecule has 0 saturated carbocycles. The van der Waals surface area contributed by atoms with Crippen LogP contribution in [0.4, 0.5) is 5.82 Å². The number of pyridine rings is 2. The van der Waals surface area contributed by atoms with E-state index in [1.807, 2.05) is 36.4 Å². The first-order chi connectivity index (χ1) is 10.8. The average Bonchev–Trinajstić information content (AvgIpc) is 2.57. The van der Waals surface area contributed by atoms with Gasteiger partial charge in [0.15, 0.2) is 0 Å². The molecule has 0 unspecified atom stereocenters. The Morgan fingerprint density at radius 1 is 1.09 bits per heavy atom. The number of carbonyl (C=O) groups excluding carboxylic acids is 1. The molecule has 4 rings (SSSR count). The van der Waals surface area contributed by atoms with Crippen molar-refractivity contribution < 1.29 is 4.79 Å². The van der Waals surface area contributed by atoms with Gasteiger partial charge < -0.3 is 5.32 Å². The number of benzene rings is 1. The maximum atomic E-state index is 12.6. The molecule has 2 aromatic heterocycles. The van der Waals surface area contributed by atoms with Crippen molar-refractivity contribution in [3.8, 4) is 11.3 Å². The van der Waals surface area contributed by atoms with Crippen LogP contribution in [0, 0.1) is 0 Å². The van der Waals surface area contributed by atoms with Crippen LogP contribution in [0.2, 0.25) is 0 Å². The second kappa shape index (κ2) is 4.91. The molecule has 1 aliphatic rings. The smallest absolute Gasteiger partial charge is 0.212 e. The summed E-state index contributed by atoms with van der Waals surface area (Å²) < 4.78 is 0. The number of anilines is 1. The monoisotopic (exact) mass is 289 g/mol. The summed E-state index contributed by atoms with van der Waals surface area (Å²) in [5.74, 6) is 0.815. The highest BCUT2D eigenvalue weighted by molar-refractivity contribution is 6.24. The van der Waals surface area contributed by atoms with Gasteiger partial charge in [-0.15, -0.1) is 0 Å². The van der Waals surface area contributed by atoms with Gasteiger partial charge in [0.1, 0.15) is 11.5 Å². The summed E-state index contributed by atoms with van der Waals surface area (Å²) >= 11 is 0. The van der Waals surface area contributed by atoms with Crippen molar-refractivity contribution in [1.82, 2.24) is 9.97 Å². The fourth-order valence-corrected chi connectivity index (χ4v) is 2.93. The van der Waals surface area contributed by atoms with Crippen molar-refractivity contribution in [3.63, 3.8) is 0 Å². The summed E-state index contributed by atoms with van der Waals surface area (Å²) in [5, 5.41) is 5.18. The Hall–Kier alpha value is -2.75. The summed E-state index contributed by atoms with van der Waals surface area (Å²) in [5.41, 5.74) is 2.91. The number of nitrogens with zero attached hydrogens (tertiary/aromatic N) is 2. The Balaban J connectivity index is 2.06. The lowest BCUT2D eigenvalue weighted by atomic mass is 9.89. The quantitative estimate of drug-likeness (QED) is 0.625. The highest BCUT2D eigenvalue weighted by Crippen LogP contribution is 2.38. The third-order valence-corrected chi connectivity index (χ3v) is 3.94. The molecule has 0 aliphatic heterocycles. The maximum absolute atomic E-state index is 12.6. The van der Waals surface area contributed by atoms with Crippen LogP contribution in [0.1, 0.15) is 29.4 Å². The van der Waals surface area contributed by atoms with Gasteiger partial charge in [0.05, 0.1) is 5.69 Å². The van der Waals surface area contributed by atoms with E-state index in [1.165, 1.54) is 0 Å². The van der Waals surface area contributed by atoms with Crippen molar-refractivity contribution in [1.29, 1.82) is 0 Å². The number of hydrogen-bond acceptors (Lipinski definition) is 4. The van der Waals surface area contributed by atoms with Crippen LogP contribution >= 0.6 is 0 Å². The summed E-state index contributed by atoms with van der Waals surface area (Å²) in [6, 6.07) is 11.5. The Labute approximate surface area is 128 Å². The zero-order valence-electron chi connectivity index (χ0n) is 12.3.